The van der Waals surface area contributed by atoms with Crippen molar-refractivity contribution in [2.45, 2.75) is 148 Å². The standard InChI is InChI=1S/C37H61BrN6O4Si3/c1-35(2,3)49(10,11)45-22-27-29(47-50(12,13)36(4,5)6)30(48-51(14,15)37(7,8)9)34(46-27)44-32(41-21-24-16-18-25(38)19-17-24)26(20-39)28-31(40)42-23-43-33(28)44/h16-19,23,27,29-30,34,41H,21-22H2,1-15H3,(H2,40,42,43)/t27-,29-,30-,34-/m1/s1. The molecule has 14 heteroatoms. The molecule has 1 aromatic carbocycles. The fourth-order valence-electron chi connectivity index (χ4n) is 5.33. The molecule has 1 aliphatic rings. The first-order valence-electron chi connectivity index (χ1n) is 17.9. The van der Waals surface area contributed by atoms with Crippen LogP contribution in [0, 0.1) is 11.3 Å². The van der Waals surface area contributed by atoms with Gasteiger partial charge in [0.05, 0.1) is 12.0 Å². The Morgan fingerprint density at radius 2 is 1.39 bits per heavy atom. The maximum Gasteiger partial charge on any atom is 0.192 e. The molecule has 3 heterocycles. The molecule has 282 valence electrons. The molecular formula is C37H61BrN6O4Si3. The van der Waals surface area contributed by atoms with Crippen molar-refractivity contribution in [1.29, 1.82) is 5.26 Å². The van der Waals surface area contributed by atoms with Crippen molar-refractivity contribution >= 4 is 63.6 Å². The topological polar surface area (TPSA) is 129 Å². The molecular weight excluding hydrogens is 757 g/mol. The Bertz CT molecular complexity index is 1740. The fraction of sp³-hybridized carbons (Fsp3) is 0.649. The summed E-state index contributed by atoms with van der Waals surface area (Å²) in [6, 6.07) is 10.5. The monoisotopic (exact) mass is 816 g/mol. The second-order valence-corrected chi connectivity index (χ2v) is 33.7. The van der Waals surface area contributed by atoms with Crippen molar-refractivity contribution in [3.63, 3.8) is 0 Å². The number of benzene rings is 1. The molecule has 4 rings (SSSR count). The lowest BCUT2D eigenvalue weighted by molar-refractivity contribution is -0.0459. The first-order chi connectivity index (χ1) is 23.2. The van der Waals surface area contributed by atoms with Crippen LogP contribution in [0.2, 0.25) is 54.4 Å². The van der Waals surface area contributed by atoms with Crippen molar-refractivity contribution < 1.29 is 18.0 Å². The molecule has 1 fully saturated rings. The molecule has 0 saturated carbocycles. The van der Waals surface area contributed by atoms with E-state index in [-0.39, 0.29) is 20.9 Å². The molecule has 51 heavy (non-hydrogen) atoms. The summed E-state index contributed by atoms with van der Waals surface area (Å²) in [7, 11) is -6.99. The fourth-order valence-corrected chi connectivity index (χ4v) is 9.22. The first-order valence-corrected chi connectivity index (χ1v) is 27.4. The number of ether oxygens (including phenoxy) is 1. The van der Waals surface area contributed by atoms with Crippen LogP contribution in [0.5, 0.6) is 0 Å². The van der Waals surface area contributed by atoms with Crippen LogP contribution in [0.4, 0.5) is 11.6 Å². The third kappa shape index (κ3) is 8.67. The third-order valence-corrected chi connectivity index (χ3v) is 25.7. The quantitative estimate of drug-likeness (QED) is 0.182. The maximum atomic E-state index is 10.7. The van der Waals surface area contributed by atoms with E-state index in [2.05, 4.69) is 134 Å². The molecule has 3 N–H and O–H groups in total. The molecule has 0 amide bonds. The minimum Gasteiger partial charge on any atom is -0.414 e. The zero-order valence-corrected chi connectivity index (χ0v) is 38.1. The van der Waals surface area contributed by atoms with Gasteiger partial charge in [-0.05, 0) is 72.1 Å². The van der Waals surface area contributed by atoms with Gasteiger partial charge in [-0.1, -0.05) is 90.4 Å². The number of nitrogens with zero attached hydrogens (tertiary/aromatic N) is 4. The van der Waals surface area contributed by atoms with Gasteiger partial charge in [0.1, 0.15) is 47.9 Å². The van der Waals surface area contributed by atoms with Crippen molar-refractivity contribution in [2.75, 3.05) is 17.7 Å². The highest BCUT2D eigenvalue weighted by Gasteiger charge is 2.55. The van der Waals surface area contributed by atoms with Gasteiger partial charge >= 0.3 is 0 Å². The molecule has 10 nitrogen and oxygen atoms in total. The number of fused-ring (bicyclic) bond motifs is 1. The second kappa shape index (κ2) is 14.6. The van der Waals surface area contributed by atoms with E-state index < -0.39 is 49.5 Å². The van der Waals surface area contributed by atoms with Crippen LogP contribution in [0.15, 0.2) is 35.1 Å². The van der Waals surface area contributed by atoms with Crippen LogP contribution >= 0.6 is 15.9 Å². The van der Waals surface area contributed by atoms with E-state index in [0.29, 0.717) is 35.6 Å². The Kier molecular flexibility index (Phi) is 11.9. The Balaban J connectivity index is 1.97. The van der Waals surface area contributed by atoms with Crippen LogP contribution in [0.25, 0.3) is 11.0 Å². The van der Waals surface area contributed by atoms with Gasteiger partial charge in [-0.15, -0.1) is 0 Å². The van der Waals surface area contributed by atoms with Gasteiger partial charge in [0.2, 0.25) is 0 Å². The molecule has 3 aromatic rings. The molecule has 0 unspecified atom stereocenters. The zero-order valence-electron chi connectivity index (χ0n) is 33.5. The number of anilines is 2. The van der Waals surface area contributed by atoms with Crippen LogP contribution in [-0.2, 0) is 24.6 Å². The number of nitriles is 1. The molecule has 0 bridgehead atoms. The van der Waals surface area contributed by atoms with Gasteiger partial charge in [0.25, 0.3) is 0 Å². The van der Waals surface area contributed by atoms with Crippen LogP contribution in [0.1, 0.15) is 79.7 Å². The molecule has 1 saturated heterocycles. The van der Waals surface area contributed by atoms with Crippen LogP contribution in [0.3, 0.4) is 0 Å². The average Bonchev–Trinajstić information content (AvgIpc) is 3.48. The Morgan fingerprint density at radius 1 is 0.863 bits per heavy atom. The van der Waals surface area contributed by atoms with Crippen LogP contribution < -0.4 is 11.1 Å². The molecule has 0 aliphatic carbocycles. The number of nitrogens with one attached hydrogen (secondary N) is 1. The number of aromatic nitrogens is 3. The van der Waals surface area contributed by atoms with E-state index in [1.54, 1.807) is 0 Å². The number of hydrogen-bond acceptors (Lipinski definition) is 9. The highest BCUT2D eigenvalue weighted by molar-refractivity contribution is 9.10. The molecule has 2 aromatic heterocycles. The van der Waals surface area contributed by atoms with E-state index in [1.165, 1.54) is 6.33 Å². The molecule has 4 atom stereocenters. The summed E-state index contributed by atoms with van der Waals surface area (Å²) < 4.78 is 31.9. The molecule has 1 aliphatic heterocycles. The van der Waals surface area contributed by atoms with Crippen molar-refractivity contribution in [3.8, 4) is 6.07 Å². The minimum atomic E-state index is -2.44. The van der Waals surface area contributed by atoms with E-state index in [4.69, 9.17) is 28.7 Å². The number of halogens is 1. The Morgan fingerprint density at radius 3 is 1.90 bits per heavy atom. The summed E-state index contributed by atoms with van der Waals surface area (Å²) in [5.74, 6) is 0.780. The summed E-state index contributed by atoms with van der Waals surface area (Å²) in [5.41, 5.74) is 8.41. The van der Waals surface area contributed by atoms with Gasteiger partial charge in [-0.3, -0.25) is 4.57 Å². The van der Waals surface area contributed by atoms with Crippen molar-refractivity contribution in [1.82, 2.24) is 14.5 Å². The van der Waals surface area contributed by atoms with E-state index in [0.717, 1.165) is 10.0 Å². The molecule has 0 spiro atoms. The van der Waals surface area contributed by atoms with Gasteiger partial charge < -0.3 is 29.1 Å². The summed E-state index contributed by atoms with van der Waals surface area (Å²) >= 11 is 3.53. The van der Waals surface area contributed by atoms with Gasteiger partial charge in [-0.2, -0.15) is 5.26 Å². The number of rotatable bonds is 11. The number of hydrogen-bond donors (Lipinski definition) is 2. The van der Waals surface area contributed by atoms with Crippen molar-refractivity contribution in [3.05, 3.63) is 46.2 Å². The smallest absolute Gasteiger partial charge is 0.192 e. The minimum absolute atomic E-state index is 0.00865. The lowest BCUT2D eigenvalue weighted by atomic mass is 10.1. The normalized spacial score (nSPS) is 20.9. The average molecular weight is 818 g/mol. The third-order valence-electron chi connectivity index (χ3n) is 11.7. The Hall–Kier alpha value is -2.10. The summed E-state index contributed by atoms with van der Waals surface area (Å²) in [6.45, 7) is 34.6. The lowest BCUT2D eigenvalue weighted by Gasteiger charge is -2.44. The summed E-state index contributed by atoms with van der Waals surface area (Å²) in [4.78, 5) is 9.03. The Labute approximate surface area is 317 Å². The lowest BCUT2D eigenvalue weighted by Crippen LogP contribution is -2.54. The van der Waals surface area contributed by atoms with E-state index in [9.17, 15) is 5.26 Å². The maximum absolute atomic E-state index is 10.7. The van der Waals surface area contributed by atoms with E-state index in [1.807, 2.05) is 28.8 Å². The first kappa shape index (κ1) is 41.7. The SMILES string of the molecule is CC(C)(C)[Si](C)(C)OC[C@H]1O[C@@H](n2c(NCc3ccc(Br)cc3)c(C#N)c3c(N)ncnc32)[C@H](O[Si](C)(C)C(C)(C)C)[C@@H]1O[Si](C)(C)C(C)(C)C. The second-order valence-electron chi connectivity index (χ2n) is 18.5. The largest absolute Gasteiger partial charge is 0.414 e. The number of nitrogen functional groups attached to an aromatic ring is 1. The van der Waals surface area contributed by atoms with Gasteiger partial charge in [-0.25, -0.2) is 9.97 Å². The van der Waals surface area contributed by atoms with Crippen molar-refractivity contribution in [2.24, 2.45) is 0 Å². The summed E-state index contributed by atoms with van der Waals surface area (Å²) in [5, 5.41) is 14.6. The summed E-state index contributed by atoms with van der Waals surface area (Å²) in [6.07, 6.45) is -0.715. The van der Waals surface area contributed by atoms with Crippen LogP contribution in [-0.4, -0.2) is 64.4 Å². The van der Waals surface area contributed by atoms with E-state index >= 15 is 0 Å². The molecule has 0 radical (unpaired) electrons. The highest BCUT2D eigenvalue weighted by atomic mass is 79.9. The van der Waals surface area contributed by atoms with Gasteiger partial charge in [0.15, 0.2) is 36.8 Å². The predicted molar refractivity (Wildman–Crippen MR) is 219 cm³/mol. The van der Waals surface area contributed by atoms with Gasteiger partial charge in [0, 0.05) is 11.0 Å². The highest BCUT2D eigenvalue weighted by Crippen LogP contribution is 2.48. The number of nitrogens with two attached hydrogens (primary N) is 1. The predicted octanol–water partition coefficient (Wildman–Crippen LogP) is 9.96. The zero-order chi connectivity index (χ0) is 38.5.